The molecule has 1 saturated heterocycles. The van der Waals surface area contributed by atoms with Crippen LogP contribution in [0.25, 0.3) is 0 Å². The Balaban J connectivity index is 1.90. The van der Waals surface area contributed by atoms with Crippen molar-refractivity contribution in [3.63, 3.8) is 0 Å². The summed E-state index contributed by atoms with van der Waals surface area (Å²) in [7, 11) is -2.48. The smallest absolute Gasteiger partial charge is 0.261 e. The molecule has 7 nitrogen and oxygen atoms in total. The van der Waals surface area contributed by atoms with E-state index in [9.17, 15) is 18.0 Å². The maximum atomic E-state index is 12.8. The van der Waals surface area contributed by atoms with Gasteiger partial charge in [0.25, 0.3) is 21.8 Å². The van der Waals surface area contributed by atoms with Crippen LogP contribution in [0, 0.1) is 0 Å². The molecule has 0 saturated carbocycles. The molecule has 1 heterocycles. The minimum Gasteiger partial charge on any atom is -0.355 e. The zero-order valence-corrected chi connectivity index (χ0v) is 16.8. The van der Waals surface area contributed by atoms with Crippen LogP contribution in [0.5, 0.6) is 0 Å². The summed E-state index contributed by atoms with van der Waals surface area (Å²) in [5, 5.41) is 2.78. The quantitative estimate of drug-likeness (QED) is 0.775. The third-order valence-electron chi connectivity index (χ3n) is 4.50. The average molecular weight is 422 g/mol. The van der Waals surface area contributed by atoms with E-state index >= 15 is 0 Å². The molecule has 0 radical (unpaired) electrons. The van der Waals surface area contributed by atoms with Crippen LogP contribution in [0.1, 0.15) is 33.6 Å². The summed E-state index contributed by atoms with van der Waals surface area (Å²) in [4.78, 5) is 26.0. The lowest BCUT2D eigenvalue weighted by Gasteiger charge is -2.18. The lowest BCUT2D eigenvalue weighted by Crippen LogP contribution is -2.29. The van der Waals surface area contributed by atoms with Gasteiger partial charge in [-0.3, -0.25) is 14.3 Å². The molecule has 2 amide bonds. The Bertz CT molecular complexity index is 1000. The number of rotatable bonds is 5. The van der Waals surface area contributed by atoms with Crippen molar-refractivity contribution in [3.8, 4) is 0 Å². The molecule has 9 heteroatoms. The zero-order chi connectivity index (χ0) is 20.3. The molecule has 148 valence electrons. The second kappa shape index (κ2) is 8.20. The highest BCUT2D eigenvalue weighted by Gasteiger charge is 2.24. The predicted octanol–water partition coefficient (Wildman–Crippen LogP) is 2.74. The largest absolute Gasteiger partial charge is 0.355 e. The average Bonchev–Trinajstić information content (AvgIpc) is 3.21. The lowest BCUT2D eigenvalue weighted by molar-refractivity contribution is 0.0793. The first kappa shape index (κ1) is 20.2. The number of sulfonamides is 1. The number of anilines is 1. The van der Waals surface area contributed by atoms with Crippen molar-refractivity contribution in [2.45, 2.75) is 17.7 Å². The maximum Gasteiger partial charge on any atom is 0.261 e. The lowest BCUT2D eigenvalue weighted by atomic mass is 10.1. The van der Waals surface area contributed by atoms with Crippen LogP contribution in [0.4, 0.5) is 5.69 Å². The van der Waals surface area contributed by atoms with Crippen molar-refractivity contribution >= 4 is 39.1 Å². The molecule has 2 aromatic rings. The maximum absolute atomic E-state index is 12.8. The summed E-state index contributed by atoms with van der Waals surface area (Å²) in [6, 6.07) is 10.00. The number of carbonyl (C=O) groups excluding carboxylic acids is 2. The van der Waals surface area contributed by atoms with Crippen molar-refractivity contribution in [1.29, 1.82) is 0 Å². The summed E-state index contributed by atoms with van der Waals surface area (Å²) in [5.41, 5.74) is 0.714. The molecule has 2 aromatic carbocycles. The number of benzene rings is 2. The van der Waals surface area contributed by atoms with Gasteiger partial charge in [0.2, 0.25) is 0 Å². The van der Waals surface area contributed by atoms with Crippen molar-refractivity contribution in [2.75, 3.05) is 24.9 Å². The Morgan fingerprint density at radius 1 is 1.04 bits per heavy atom. The first-order valence-electron chi connectivity index (χ1n) is 8.75. The Morgan fingerprint density at radius 3 is 2.29 bits per heavy atom. The fraction of sp³-hybridized carbons (Fsp3) is 0.263. The van der Waals surface area contributed by atoms with Crippen molar-refractivity contribution in [3.05, 3.63) is 58.6 Å². The number of carbonyl (C=O) groups is 2. The molecule has 1 aliphatic heterocycles. The molecule has 0 aromatic heterocycles. The number of halogens is 1. The molecule has 2 N–H and O–H groups in total. The zero-order valence-electron chi connectivity index (χ0n) is 15.2. The standard InChI is InChI=1S/C19H20ClN3O4S/c1-21-18(24)13-4-7-15(8-5-13)28(26,27)22-17-12-14(20)6-9-16(17)19(25)23-10-2-3-11-23/h4-9,12,22H,2-3,10-11H2,1H3,(H,21,24). The van der Waals surface area contributed by atoms with Gasteiger partial charge in [-0.15, -0.1) is 0 Å². The molecular formula is C19H20ClN3O4S. The molecule has 1 aliphatic rings. The summed E-state index contributed by atoms with van der Waals surface area (Å²) in [5.74, 6) is -0.549. The van der Waals surface area contributed by atoms with Gasteiger partial charge in [0, 0.05) is 30.7 Å². The van der Waals surface area contributed by atoms with Crippen LogP contribution < -0.4 is 10.0 Å². The van der Waals surface area contributed by atoms with Crippen LogP contribution >= 0.6 is 11.6 Å². The van der Waals surface area contributed by atoms with E-state index in [1.165, 1.54) is 43.4 Å². The molecular weight excluding hydrogens is 402 g/mol. The number of hydrogen-bond donors (Lipinski definition) is 2. The van der Waals surface area contributed by atoms with Gasteiger partial charge >= 0.3 is 0 Å². The molecule has 0 atom stereocenters. The second-order valence-electron chi connectivity index (χ2n) is 6.40. The Kier molecular flexibility index (Phi) is 5.90. The first-order valence-corrected chi connectivity index (χ1v) is 10.6. The highest BCUT2D eigenvalue weighted by molar-refractivity contribution is 7.92. The Labute approximate surface area is 168 Å². The van der Waals surface area contributed by atoms with E-state index < -0.39 is 10.0 Å². The van der Waals surface area contributed by atoms with Crippen LogP contribution in [0.3, 0.4) is 0 Å². The normalized spacial score (nSPS) is 14.0. The molecule has 0 spiro atoms. The summed E-state index contributed by atoms with van der Waals surface area (Å²) in [6.07, 6.45) is 1.86. The predicted molar refractivity (Wildman–Crippen MR) is 107 cm³/mol. The first-order chi connectivity index (χ1) is 13.3. The number of amides is 2. The minimum atomic E-state index is -3.97. The molecule has 28 heavy (non-hydrogen) atoms. The number of hydrogen-bond acceptors (Lipinski definition) is 4. The van der Waals surface area contributed by atoms with Gasteiger partial charge in [-0.05, 0) is 55.3 Å². The topological polar surface area (TPSA) is 95.6 Å². The van der Waals surface area contributed by atoms with E-state index in [1.807, 2.05) is 0 Å². The van der Waals surface area contributed by atoms with Gasteiger partial charge < -0.3 is 10.2 Å². The Hall–Kier alpha value is -2.58. The van der Waals surface area contributed by atoms with Crippen LogP contribution in [0.15, 0.2) is 47.4 Å². The summed E-state index contributed by atoms with van der Waals surface area (Å²) < 4.78 is 28.0. The fourth-order valence-corrected chi connectivity index (χ4v) is 4.25. The number of nitrogens with zero attached hydrogens (tertiary/aromatic N) is 1. The molecule has 3 rings (SSSR count). The third kappa shape index (κ3) is 4.28. The monoisotopic (exact) mass is 421 g/mol. The van der Waals surface area contributed by atoms with E-state index in [2.05, 4.69) is 10.0 Å². The van der Waals surface area contributed by atoms with Crippen molar-refractivity contribution in [1.82, 2.24) is 10.2 Å². The molecule has 0 unspecified atom stereocenters. The molecule has 1 fully saturated rings. The second-order valence-corrected chi connectivity index (χ2v) is 8.52. The van der Waals surface area contributed by atoms with E-state index in [0.29, 0.717) is 23.7 Å². The summed E-state index contributed by atoms with van der Waals surface area (Å²) in [6.45, 7) is 1.29. The van der Waals surface area contributed by atoms with Gasteiger partial charge in [-0.1, -0.05) is 11.6 Å². The Morgan fingerprint density at radius 2 is 1.68 bits per heavy atom. The van der Waals surface area contributed by atoms with Crippen LogP contribution in [0.2, 0.25) is 5.02 Å². The minimum absolute atomic E-state index is 0.0281. The van der Waals surface area contributed by atoms with Gasteiger partial charge in [0.15, 0.2) is 0 Å². The molecule has 0 aliphatic carbocycles. The van der Waals surface area contributed by atoms with Gasteiger partial charge in [0.1, 0.15) is 0 Å². The van der Waals surface area contributed by atoms with Crippen molar-refractivity contribution < 1.29 is 18.0 Å². The summed E-state index contributed by atoms with van der Waals surface area (Å²) >= 11 is 6.02. The van der Waals surface area contributed by atoms with Crippen LogP contribution in [-0.4, -0.2) is 45.3 Å². The van der Waals surface area contributed by atoms with Crippen LogP contribution in [-0.2, 0) is 10.0 Å². The van der Waals surface area contributed by atoms with E-state index in [0.717, 1.165) is 12.8 Å². The van der Waals surface area contributed by atoms with Crippen molar-refractivity contribution in [2.24, 2.45) is 0 Å². The third-order valence-corrected chi connectivity index (χ3v) is 6.12. The SMILES string of the molecule is CNC(=O)c1ccc(S(=O)(=O)Nc2cc(Cl)ccc2C(=O)N2CCCC2)cc1. The fourth-order valence-electron chi connectivity index (χ4n) is 3.01. The van der Waals surface area contributed by atoms with E-state index in [1.54, 1.807) is 11.0 Å². The van der Waals surface area contributed by atoms with E-state index in [-0.39, 0.29) is 28.0 Å². The molecule has 0 bridgehead atoms. The van der Waals surface area contributed by atoms with E-state index in [4.69, 9.17) is 11.6 Å². The number of likely N-dealkylation sites (tertiary alicyclic amines) is 1. The van der Waals surface area contributed by atoms with Gasteiger partial charge in [-0.25, -0.2) is 8.42 Å². The highest BCUT2D eigenvalue weighted by Crippen LogP contribution is 2.26. The number of nitrogens with one attached hydrogen (secondary N) is 2. The highest BCUT2D eigenvalue weighted by atomic mass is 35.5. The van der Waals surface area contributed by atoms with Gasteiger partial charge in [-0.2, -0.15) is 0 Å². The van der Waals surface area contributed by atoms with Gasteiger partial charge in [0.05, 0.1) is 16.1 Å².